The summed E-state index contributed by atoms with van der Waals surface area (Å²) in [4.78, 5) is 13.9. The Balaban J connectivity index is 2.23. The predicted octanol–water partition coefficient (Wildman–Crippen LogP) is 2.56. The van der Waals surface area contributed by atoms with Crippen molar-refractivity contribution < 1.29 is 4.79 Å². The Morgan fingerprint density at radius 3 is 2.82 bits per heavy atom. The van der Waals surface area contributed by atoms with Crippen LogP contribution in [0.5, 0.6) is 0 Å². The molecule has 0 saturated carbocycles. The summed E-state index contributed by atoms with van der Waals surface area (Å²) in [5.41, 5.74) is 0. The van der Waals surface area contributed by atoms with Crippen LogP contribution in [0.1, 0.15) is 58.8 Å². The van der Waals surface area contributed by atoms with Gasteiger partial charge in [-0.25, -0.2) is 0 Å². The molecule has 2 unspecified atom stereocenters. The van der Waals surface area contributed by atoms with Crippen molar-refractivity contribution >= 4 is 5.91 Å². The van der Waals surface area contributed by atoms with Gasteiger partial charge in [-0.05, 0) is 39.2 Å². The predicted molar refractivity (Wildman–Crippen MR) is 72.0 cm³/mol. The van der Waals surface area contributed by atoms with E-state index in [1.54, 1.807) is 0 Å². The van der Waals surface area contributed by atoms with Crippen molar-refractivity contribution in [1.82, 2.24) is 10.2 Å². The largest absolute Gasteiger partial charge is 0.343 e. The van der Waals surface area contributed by atoms with Gasteiger partial charge in [0.2, 0.25) is 5.91 Å². The van der Waals surface area contributed by atoms with Crippen LogP contribution in [0, 0.1) is 0 Å². The van der Waals surface area contributed by atoms with E-state index in [0.29, 0.717) is 24.4 Å². The first-order valence-corrected chi connectivity index (χ1v) is 7.14. The highest BCUT2D eigenvalue weighted by molar-refractivity contribution is 5.76. The minimum atomic E-state index is 0.304. The van der Waals surface area contributed by atoms with Crippen molar-refractivity contribution in [3.63, 3.8) is 0 Å². The molecule has 1 amide bonds. The second kappa shape index (κ2) is 7.70. The molecule has 1 N–H and O–H groups in total. The second-order valence-corrected chi connectivity index (χ2v) is 5.33. The standard InChI is InChI=1S/C14H28N2O/c1-4-7-12(2)16(3)14(17)10-9-13-8-5-6-11-15-13/h12-13,15H,4-11H2,1-3H3. The van der Waals surface area contributed by atoms with Gasteiger partial charge in [0.15, 0.2) is 0 Å². The average Bonchev–Trinajstić information content (AvgIpc) is 2.36. The molecule has 0 aliphatic carbocycles. The topological polar surface area (TPSA) is 32.3 Å². The molecule has 0 spiro atoms. The van der Waals surface area contributed by atoms with E-state index >= 15 is 0 Å². The van der Waals surface area contributed by atoms with E-state index in [4.69, 9.17) is 0 Å². The minimum absolute atomic E-state index is 0.304. The zero-order chi connectivity index (χ0) is 12.7. The van der Waals surface area contributed by atoms with Crippen LogP contribution in [0.25, 0.3) is 0 Å². The molecule has 0 bridgehead atoms. The van der Waals surface area contributed by atoms with Gasteiger partial charge in [0.25, 0.3) is 0 Å². The van der Waals surface area contributed by atoms with Gasteiger partial charge in [-0.3, -0.25) is 4.79 Å². The molecule has 3 nitrogen and oxygen atoms in total. The van der Waals surface area contributed by atoms with Gasteiger partial charge in [0, 0.05) is 25.6 Å². The first kappa shape index (κ1) is 14.5. The number of piperidine rings is 1. The fourth-order valence-corrected chi connectivity index (χ4v) is 2.50. The smallest absolute Gasteiger partial charge is 0.222 e. The Hall–Kier alpha value is -0.570. The van der Waals surface area contributed by atoms with E-state index < -0.39 is 0 Å². The minimum Gasteiger partial charge on any atom is -0.343 e. The van der Waals surface area contributed by atoms with Gasteiger partial charge in [0.05, 0.1) is 0 Å². The van der Waals surface area contributed by atoms with Crippen LogP contribution in [-0.2, 0) is 4.79 Å². The van der Waals surface area contributed by atoms with Crippen molar-refractivity contribution in [2.75, 3.05) is 13.6 Å². The highest BCUT2D eigenvalue weighted by atomic mass is 16.2. The molecule has 1 aliphatic rings. The van der Waals surface area contributed by atoms with Gasteiger partial charge in [0.1, 0.15) is 0 Å². The molecule has 3 heteroatoms. The molecule has 0 aromatic carbocycles. The van der Waals surface area contributed by atoms with Gasteiger partial charge in [-0.2, -0.15) is 0 Å². The normalized spacial score (nSPS) is 22.2. The van der Waals surface area contributed by atoms with E-state index in [2.05, 4.69) is 19.2 Å². The second-order valence-electron chi connectivity index (χ2n) is 5.33. The van der Waals surface area contributed by atoms with Gasteiger partial charge in [-0.1, -0.05) is 19.8 Å². The molecule has 0 aromatic rings. The number of carbonyl (C=O) groups excluding carboxylic acids is 1. The van der Waals surface area contributed by atoms with Crippen molar-refractivity contribution in [2.45, 2.75) is 70.9 Å². The number of hydrogen-bond donors (Lipinski definition) is 1. The Morgan fingerprint density at radius 2 is 2.24 bits per heavy atom. The van der Waals surface area contributed by atoms with E-state index in [0.717, 1.165) is 25.8 Å². The van der Waals surface area contributed by atoms with Crippen LogP contribution in [-0.4, -0.2) is 36.5 Å². The highest BCUT2D eigenvalue weighted by Crippen LogP contribution is 2.13. The summed E-state index contributed by atoms with van der Waals surface area (Å²) < 4.78 is 0. The van der Waals surface area contributed by atoms with Crippen LogP contribution >= 0.6 is 0 Å². The number of nitrogens with one attached hydrogen (secondary N) is 1. The van der Waals surface area contributed by atoms with E-state index in [9.17, 15) is 4.79 Å². The van der Waals surface area contributed by atoms with Crippen molar-refractivity contribution in [2.24, 2.45) is 0 Å². The maximum Gasteiger partial charge on any atom is 0.222 e. The molecule has 1 rings (SSSR count). The molecular formula is C14H28N2O. The third-order valence-corrected chi connectivity index (χ3v) is 3.88. The molecule has 17 heavy (non-hydrogen) atoms. The van der Waals surface area contributed by atoms with E-state index in [1.165, 1.54) is 19.3 Å². The summed E-state index contributed by atoms with van der Waals surface area (Å²) in [5.74, 6) is 0.304. The van der Waals surface area contributed by atoms with Crippen LogP contribution in [0.2, 0.25) is 0 Å². The quantitative estimate of drug-likeness (QED) is 0.774. The first-order chi connectivity index (χ1) is 8.15. The van der Waals surface area contributed by atoms with Gasteiger partial charge < -0.3 is 10.2 Å². The molecule has 0 aromatic heterocycles. The molecule has 1 aliphatic heterocycles. The van der Waals surface area contributed by atoms with Crippen molar-refractivity contribution in [1.29, 1.82) is 0 Å². The van der Waals surface area contributed by atoms with Crippen molar-refractivity contribution in [3.05, 3.63) is 0 Å². The molecule has 0 radical (unpaired) electrons. The molecule has 1 heterocycles. The molecule has 1 saturated heterocycles. The summed E-state index contributed by atoms with van der Waals surface area (Å²) in [6.45, 7) is 5.43. The Kier molecular flexibility index (Phi) is 6.56. The molecule has 100 valence electrons. The number of nitrogens with zero attached hydrogens (tertiary/aromatic N) is 1. The molecule has 1 fully saturated rings. The Morgan fingerprint density at radius 1 is 1.47 bits per heavy atom. The summed E-state index contributed by atoms with van der Waals surface area (Å²) in [6, 6.07) is 0.953. The van der Waals surface area contributed by atoms with Crippen LogP contribution in [0.15, 0.2) is 0 Å². The monoisotopic (exact) mass is 240 g/mol. The van der Waals surface area contributed by atoms with E-state index in [1.807, 2.05) is 11.9 Å². The Bertz CT molecular complexity index is 224. The third-order valence-electron chi connectivity index (χ3n) is 3.88. The number of carbonyl (C=O) groups is 1. The molecule has 2 atom stereocenters. The lowest BCUT2D eigenvalue weighted by Gasteiger charge is -2.27. The van der Waals surface area contributed by atoms with E-state index in [-0.39, 0.29) is 0 Å². The zero-order valence-electron chi connectivity index (χ0n) is 11.7. The fraction of sp³-hybridized carbons (Fsp3) is 0.929. The van der Waals surface area contributed by atoms with Crippen LogP contribution in [0.3, 0.4) is 0 Å². The number of amides is 1. The fourth-order valence-electron chi connectivity index (χ4n) is 2.50. The lowest BCUT2D eigenvalue weighted by Crippen LogP contribution is -2.38. The lowest BCUT2D eigenvalue weighted by atomic mass is 10.00. The summed E-state index contributed by atoms with van der Waals surface area (Å²) in [5, 5.41) is 3.50. The summed E-state index contributed by atoms with van der Waals surface area (Å²) in [7, 11) is 1.94. The van der Waals surface area contributed by atoms with Crippen LogP contribution in [0.4, 0.5) is 0 Å². The number of hydrogen-bond acceptors (Lipinski definition) is 2. The van der Waals surface area contributed by atoms with Crippen LogP contribution < -0.4 is 5.32 Å². The lowest BCUT2D eigenvalue weighted by molar-refractivity contribution is -0.132. The highest BCUT2D eigenvalue weighted by Gasteiger charge is 2.18. The maximum atomic E-state index is 12.0. The summed E-state index contributed by atoms with van der Waals surface area (Å²) in [6.07, 6.45) is 7.78. The van der Waals surface area contributed by atoms with Gasteiger partial charge in [-0.15, -0.1) is 0 Å². The SMILES string of the molecule is CCCC(C)N(C)C(=O)CCC1CCCCN1. The molecular weight excluding hydrogens is 212 g/mol. The van der Waals surface area contributed by atoms with Crippen molar-refractivity contribution in [3.8, 4) is 0 Å². The Labute approximate surface area is 106 Å². The van der Waals surface area contributed by atoms with Gasteiger partial charge >= 0.3 is 0 Å². The number of rotatable bonds is 6. The zero-order valence-corrected chi connectivity index (χ0v) is 11.7. The first-order valence-electron chi connectivity index (χ1n) is 7.14. The average molecular weight is 240 g/mol. The third kappa shape index (κ3) is 5.07. The maximum absolute atomic E-state index is 12.0. The summed E-state index contributed by atoms with van der Waals surface area (Å²) >= 11 is 0.